The van der Waals surface area contributed by atoms with Crippen LogP contribution in [-0.2, 0) is 15.8 Å². The number of Topliss-reactive ketones (excluding diaryl/α,β-unsaturated/α-hetero) is 2. The van der Waals surface area contributed by atoms with Gasteiger partial charge in [-0.05, 0) is 38.3 Å². The molecular weight excluding hydrogens is 363 g/mol. The third-order valence-corrected chi connectivity index (χ3v) is 6.41. The predicted octanol–water partition coefficient (Wildman–Crippen LogP) is 4.79. The molecule has 0 N–H and O–H groups in total. The van der Waals surface area contributed by atoms with Crippen molar-refractivity contribution in [3.05, 3.63) is 40.4 Å². The van der Waals surface area contributed by atoms with Crippen LogP contribution in [0.2, 0.25) is 0 Å². The molecule has 0 saturated heterocycles. The third kappa shape index (κ3) is 2.78. The number of nitrogens with zero attached hydrogens (tertiary/aromatic N) is 1. The highest BCUT2D eigenvalue weighted by Crippen LogP contribution is 2.45. The van der Waals surface area contributed by atoms with Gasteiger partial charge in [0, 0.05) is 22.3 Å². The van der Waals surface area contributed by atoms with Gasteiger partial charge >= 0.3 is 6.18 Å². The van der Waals surface area contributed by atoms with Gasteiger partial charge in [0.15, 0.2) is 11.6 Å². The van der Waals surface area contributed by atoms with E-state index in [1.165, 1.54) is 23.5 Å². The Kier molecular flexibility index (Phi) is 4.02. The lowest BCUT2D eigenvalue weighted by molar-refractivity contribution is -0.138. The number of carbonyl (C=O) groups is 2. The summed E-state index contributed by atoms with van der Waals surface area (Å²) in [6, 6.07) is 4.78. The van der Waals surface area contributed by atoms with Crippen LogP contribution < -0.4 is 0 Å². The summed E-state index contributed by atoms with van der Waals surface area (Å²) < 4.78 is 38.1. The van der Waals surface area contributed by atoms with Gasteiger partial charge in [0.1, 0.15) is 10.9 Å². The van der Waals surface area contributed by atoms with E-state index in [4.69, 9.17) is 0 Å². The van der Waals surface area contributed by atoms with Gasteiger partial charge in [-0.15, -0.1) is 11.3 Å². The summed E-state index contributed by atoms with van der Waals surface area (Å²) in [4.78, 5) is 30.6. The van der Waals surface area contributed by atoms with E-state index in [1.54, 1.807) is 6.92 Å². The van der Waals surface area contributed by atoms with E-state index in [9.17, 15) is 22.8 Å². The summed E-state index contributed by atoms with van der Waals surface area (Å²) in [7, 11) is 0. The minimum Gasteiger partial charge on any atom is -0.298 e. The second-order valence-electron chi connectivity index (χ2n) is 6.98. The first-order valence-corrected chi connectivity index (χ1v) is 9.29. The SMILES string of the molecule is Cc1sc(-c2ccc(C(F)(F)F)cc2)nc1C1C(=O)C2CCC(C2)C1=O. The van der Waals surface area contributed by atoms with Crippen LogP contribution in [0.25, 0.3) is 10.6 Å². The Morgan fingerprint density at radius 3 is 2.15 bits per heavy atom. The fourth-order valence-corrected chi connectivity index (χ4v) is 4.94. The summed E-state index contributed by atoms with van der Waals surface area (Å²) >= 11 is 1.30. The lowest BCUT2D eigenvalue weighted by Crippen LogP contribution is -2.35. The van der Waals surface area contributed by atoms with Crippen molar-refractivity contribution in [3.63, 3.8) is 0 Å². The summed E-state index contributed by atoms with van der Waals surface area (Å²) in [6.07, 6.45) is -2.20. The Labute approximate surface area is 152 Å². The fourth-order valence-electron chi connectivity index (χ4n) is 3.98. The Balaban J connectivity index is 1.68. The van der Waals surface area contributed by atoms with E-state index in [1.807, 2.05) is 0 Å². The maximum atomic E-state index is 12.7. The van der Waals surface area contributed by atoms with Gasteiger partial charge in [0.25, 0.3) is 0 Å². The van der Waals surface area contributed by atoms with Crippen LogP contribution in [0.1, 0.15) is 41.3 Å². The normalized spacial score (nSPS) is 25.8. The van der Waals surface area contributed by atoms with Crippen LogP contribution in [0, 0.1) is 18.8 Å². The van der Waals surface area contributed by atoms with Crippen molar-refractivity contribution in [2.75, 3.05) is 0 Å². The number of aryl methyl sites for hydroxylation is 1. The first-order valence-electron chi connectivity index (χ1n) is 8.48. The zero-order valence-electron chi connectivity index (χ0n) is 14.0. The molecule has 1 aromatic heterocycles. The summed E-state index contributed by atoms with van der Waals surface area (Å²) in [5.74, 6) is -1.01. The van der Waals surface area contributed by atoms with Gasteiger partial charge in [0.05, 0.1) is 11.3 Å². The number of alkyl halides is 3. The Hall–Kier alpha value is -2.02. The molecule has 2 aromatic rings. The van der Waals surface area contributed by atoms with Crippen LogP contribution in [-0.4, -0.2) is 16.6 Å². The number of ketones is 2. The van der Waals surface area contributed by atoms with Crippen molar-refractivity contribution in [1.29, 1.82) is 0 Å². The van der Waals surface area contributed by atoms with Gasteiger partial charge < -0.3 is 0 Å². The first-order chi connectivity index (χ1) is 12.3. The molecule has 2 aliphatic rings. The second kappa shape index (κ2) is 6.01. The zero-order valence-corrected chi connectivity index (χ0v) is 14.8. The number of aromatic nitrogens is 1. The molecule has 1 heterocycles. The molecule has 4 rings (SSSR count). The average molecular weight is 379 g/mol. The summed E-state index contributed by atoms with van der Waals surface area (Å²) in [5, 5.41) is 0.532. The number of fused-ring (bicyclic) bond motifs is 2. The molecule has 2 aliphatic carbocycles. The molecule has 0 amide bonds. The molecule has 2 unspecified atom stereocenters. The number of carbonyl (C=O) groups excluding carboxylic acids is 2. The van der Waals surface area contributed by atoms with E-state index in [0.29, 0.717) is 22.7 Å². The maximum Gasteiger partial charge on any atom is 0.416 e. The number of benzene rings is 1. The lowest BCUT2D eigenvalue weighted by Gasteiger charge is -2.24. The second-order valence-corrected chi connectivity index (χ2v) is 8.18. The quantitative estimate of drug-likeness (QED) is 0.705. The largest absolute Gasteiger partial charge is 0.416 e. The van der Waals surface area contributed by atoms with E-state index >= 15 is 0 Å². The van der Waals surface area contributed by atoms with Crippen molar-refractivity contribution in [3.8, 4) is 10.6 Å². The van der Waals surface area contributed by atoms with Crippen molar-refractivity contribution in [1.82, 2.24) is 4.98 Å². The monoisotopic (exact) mass is 379 g/mol. The van der Waals surface area contributed by atoms with Gasteiger partial charge in [-0.25, -0.2) is 4.98 Å². The van der Waals surface area contributed by atoms with Gasteiger partial charge in [-0.1, -0.05) is 12.1 Å². The highest BCUT2D eigenvalue weighted by Gasteiger charge is 2.48. The van der Waals surface area contributed by atoms with E-state index in [2.05, 4.69) is 4.98 Å². The molecule has 0 aliphatic heterocycles. The van der Waals surface area contributed by atoms with Crippen molar-refractivity contribution in [2.24, 2.45) is 11.8 Å². The third-order valence-electron chi connectivity index (χ3n) is 5.37. The van der Waals surface area contributed by atoms with Crippen molar-refractivity contribution in [2.45, 2.75) is 38.3 Å². The number of rotatable bonds is 2. The van der Waals surface area contributed by atoms with Crippen LogP contribution in [0.5, 0.6) is 0 Å². The topological polar surface area (TPSA) is 47.0 Å². The first kappa shape index (κ1) is 17.4. The summed E-state index contributed by atoms with van der Waals surface area (Å²) in [6.45, 7) is 1.80. The average Bonchev–Trinajstić information content (AvgIpc) is 3.19. The zero-order chi connectivity index (χ0) is 18.6. The fraction of sp³-hybridized carbons (Fsp3) is 0.421. The molecule has 1 aromatic carbocycles. The number of hydrogen-bond donors (Lipinski definition) is 0. The number of hydrogen-bond acceptors (Lipinski definition) is 4. The smallest absolute Gasteiger partial charge is 0.298 e. The van der Waals surface area contributed by atoms with E-state index in [0.717, 1.165) is 29.9 Å². The molecule has 7 heteroatoms. The van der Waals surface area contributed by atoms with E-state index < -0.39 is 17.7 Å². The van der Waals surface area contributed by atoms with E-state index in [-0.39, 0.29) is 23.4 Å². The van der Waals surface area contributed by atoms with Crippen LogP contribution in [0.3, 0.4) is 0 Å². The molecular formula is C19H16F3NO2S. The highest BCUT2D eigenvalue weighted by atomic mass is 32.1. The van der Waals surface area contributed by atoms with Crippen LogP contribution in [0.4, 0.5) is 13.2 Å². The molecule has 3 nitrogen and oxygen atoms in total. The minimum absolute atomic E-state index is 0.0453. The van der Waals surface area contributed by atoms with Crippen molar-refractivity contribution < 1.29 is 22.8 Å². The van der Waals surface area contributed by atoms with Crippen LogP contribution in [0.15, 0.2) is 24.3 Å². The van der Waals surface area contributed by atoms with Gasteiger partial charge in [-0.3, -0.25) is 9.59 Å². The molecule has 2 bridgehead atoms. The Morgan fingerprint density at radius 1 is 1.04 bits per heavy atom. The molecule has 2 saturated carbocycles. The molecule has 136 valence electrons. The minimum atomic E-state index is -4.39. The van der Waals surface area contributed by atoms with Gasteiger partial charge in [0.2, 0.25) is 0 Å². The molecule has 0 spiro atoms. The number of thiazole rings is 1. The maximum absolute atomic E-state index is 12.7. The molecule has 0 radical (unpaired) electrons. The van der Waals surface area contributed by atoms with Crippen LogP contribution >= 0.6 is 11.3 Å². The molecule has 26 heavy (non-hydrogen) atoms. The standard InChI is InChI=1S/C19H16F3NO2S/c1-9-15(14-16(24)11-2-3-12(8-11)17(14)25)23-18(26-9)10-4-6-13(7-5-10)19(20,21)22/h4-7,11-12,14H,2-3,8H2,1H3. The van der Waals surface area contributed by atoms with Gasteiger partial charge in [-0.2, -0.15) is 13.2 Å². The molecule has 2 atom stereocenters. The van der Waals surface area contributed by atoms with Crippen molar-refractivity contribution >= 4 is 22.9 Å². The molecule has 2 fully saturated rings. The Morgan fingerprint density at radius 2 is 1.62 bits per heavy atom. The summed E-state index contributed by atoms with van der Waals surface area (Å²) in [5.41, 5.74) is 0.316. The highest BCUT2D eigenvalue weighted by molar-refractivity contribution is 7.15. The Bertz CT molecular complexity index is 863. The number of halogens is 3. The predicted molar refractivity (Wildman–Crippen MR) is 90.9 cm³/mol. The lowest BCUT2D eigenvalue weighted by atomic mass is 9.77.